The summed E-state index contributed by atoms with van der Waals surface area (Å²) in [5.74, 6) is 6.75. The molecule has 0 bridgehead atoms. The molecule has 5 heteroatoms. The summed E-state index contributed by atoms with van der Waals surface area (Å²) in [6.07, 6.45) is 0. The van der Waals surface area contributed by atoms with Crippen molar-refractivity contribution >= 4 is 17.2 Å². The highest BCUT2D eigenvalue weighted by molar-refractivity contribution is 7.12. The Morgan fingerprint density at radius 2 is 2.50 bits per heavy atom. The molecule has 0 aliphatic heterocycles. The first kappa shape index (κ1) is 9.02. The van der Waals surface area contributed by atoms with Crippen LogP contribution in [0.15, 0.2) is 16.4 Å². The maximum atomic E-state index is 5.25. The van der Waals surface area contributed by atoms with Crippen LogP contribution in [-0.2, 0) is 0 Å². The Bertz CT molecular complexity index is 282. The molecule has 0 unspecified atom stereocenters. The Balaban J connectivity index is 2.87. The molecule has 1 heterocycles. The lowest BCUT2D eigenvalue weighted by molar-refractivity contribution is 0.416. The first-order valence-electron chi connectivity index (χ1n) is 3.38. The van der Waals surface area contributed by atoms with Gasteiger partial charge in [0.25, 0.3) is 0 Å². The molecule has 4 nitrogen and oxygen atoms in total. The van der Waals surface area contributed by atoms with Crippen LogP contribution in [-0.4, -0.2) is 20.0 Å². The van der Waals surface area contributed by atoms with E-state index in [1.807, 2.05) is 11.4 Å². The number of thiophene rings is 1. The molecule has 12 heavy (non-hydrogen) atoms. The SMILES string of the molecule is CN=C(NN)c1cc(OC)cs1. The van der Waals surface area contributed by atoms with E-state index in [2.05, 4.69) is 10.4 Å². The van der Waals surface area contributed by atoms with Gasteiger partial charge in [0.1, 0.15) is 5.75 Å². The van der Waals surface area contributed by atoms with E-state index in [9.17, 15) is 0 Å². The summed E-state index contributed by atoms with van der Waals surface area (Å²) in [5, 5.41) is 1.90. The Hall–Kier alpha value is -1.07. The van der Waals surface area contributed by atoms with E-state index in [1.165, 1.54) is 11.3 Å². The lowest BCUT2D eigenvalue weighted by Crippen LogP contribution is -2.30. The van der Waals surface area contributed by atoms with Crippen molar-refractivity contribution in [2.75, 3.05) is 14.2 Å². The van der Waals surface area contributed by atoms with Gasteiger partial charge in [-0.1, -0.05) is 0 Å². The number of nitrogens with two attached hydrogens (primary N) is 1. The summed E-state index contributed by atoms with van der Waals surface area (Å²) in [7, 11) is 3.31. The second-order valence-corrected chi connectivity index (χ2v) is 2.98. The van der Waals surface area contributed by atoms with Crippen LogP contribution in [0.25, 0.3) is 0 Å². The zero-order chi connectivity index (χ0) is 8.97. The number of amidine groups is 1. The predicted octanol–water partition coefficient (Wildman–Crippen LogP) is 0.596. The average Bonchev–Trinajstić information content (AvgIpc) is 2.55. The second-order valence-electron chi connectivity index (χ2n) is 2.07. The number of hydrazine groups is 1. The van der Waals surface area contributed by atoms with Crippen molar-refractivity contribution in [2.45, 2.75) is 0 Å². The fraction of sp³-hybridized carbons (Fsp3) is 0.286. The van der Waals surface area contributed by atoms with Crippen LogP contribution >= 0.6 is 11.3 Å². The molecular formula is C7H11N3OS. The number of hydrogen-bond donors (Lipinski definition) is 2. The number of ether oxygens (including phenoxy) is 1. The van der Waals surface area contributed by atoms with Crippen LogP contribution in [0.5, 0.6) is 5.75 Å². The molecule has 0 spiro atoms. The van der Waals surface area contributed by atoms with Crippen LogP contribution in [0.4, 0.5) is 0 Å². The molecule has 66 valence electrons. The zero-order valence-corrected chi connectivity index (χ0v) is 7.81. The molecule has 0 saturated carbocycles. The third kappa shape index (κ3) is 1.75. The summed E-state index contributed by atoms with van der Waals surface area (Å²) < 4.78 is 5.02. The number of hydrogen-bond acceptors (Lipinski definition) is 4. The Labute approximate surface area is 75.0 Å². The van der Waals surface area contributed by atoms with Gasteiger partial charge in [0, 0.05) is 18.5 Å². The minimum atomic E-state index is 0.670. The maximum Gasteiger partial charge on any atom is 0.152 e. The molecule has 0 aromatic carbocycles. The van der Waals surface area contributed by atoms with Crippen molar-refractivity contribution in [2.24, 2.45) is 10.8 Å². The monoisotopic (exact) mass is 185 g/mol. The number of methoxy groups -OCH3 is 1. The molecule has 0 atom stereocenters. The maximum absolute atomic E-state index is 5.25. The quantitative estimate of drug-likeness (QED) is 0.307. The van der Waals surface area contributed by atoms with E-state index < -0.39 is 0 Å². The van der Waals surface area contributed by atoms with Gasteiger partial charge in [-0.2, -0.15) is 0 Å². The van der Waals surface area contributed by atoms with E-state index in [0.717, 1.165) is 10.6 Å². The second kappa shape index (κ2) is 4.08. The Morgan fingerprint density at radius 1 is 1.75 bits per heavy atom. The molecular weight excluding hydrogens is 174 g/mol. The highest BCUT2D eigenvalue weighted by Gasteiger charge is 2.04. The largest absolute Gasteiger partial charge is 0.496 e. The number of nitrogens with zero attached hydrogens (tertiary/aromatic N) is 1. The van der Waals surface area contributed by atoms with Crippen LogP contribution in [0.3, 0.4) is 0 Å². The molecule has 1 aromatic rings. The van der Waals surface area contributed by atoms with E-state index in [1.54, 1.807) is 14.2 Å². The van der Waals surface area contributed by atoms with Gasteiger partial charge in [-0.05, 0) is 0 Å². The first-order chi connectivity index (χ1) is 5.81. The summed E-state index contributed by atoms with van der Waals surface area (Å²) in [5.41, 5.74) is 2.51. The van der Waals surface area contributed by atoms with Gasteiger partial charge < -0.3 is 10.2 Å². The molecule has 1 aromatic heterocycles. The van der Waals surface area contributed by atoms with Crippen molar-refractivity contribution in [3.8, 4) is 5.75 Å². The lowest BCUT2D eigenvalue weighted by Gasteiger charge is -1.98. The van der Waals surface area contributed by atoms with E-state index >= 15 is 0 Å². The average molecular weight is 185 g/mol. The summed E-state index contributed by atoms with van der Waals surface area (Å²) in [6.45, 7) is 0. The smallest absolute Gasteiger partial charge is 0.152 e. The summed E-state index contributed by atoms with van der Waals surface area (Å²) >= 11 is 1.53. The van der Waals surface area contributed by atoms with E-state index in [-0.39, 0.29) is 0 Å². The molecule has 3 N–H and O–H groups in total. The highest BCUT2D eigenvalue weighted by Crippen LogP contribution is 2.20. The molecule has 0 saturated heterocycles. The lowest BCUT2D eigenvalue weighted by atomic mass is 10.4. The van der Waals surface area contributed by atoms with Gasteiger partial charge in [0.15, 0.2) is 5.84 Å². The molecule has 0 radical (unpaired) electrons. The number of rotatable bonds is 2. The number of aliphatic imine (C=N–C) groups is 1. The van der Waals surface area contributed by atoms with Crippen molar-refractivity contribution in [1.29, 1.82) is 0 Å². The summed E-state index contributed by atoms with van der Waals surface area (Å²) in [6, 6.07) is 1.88. The highest BCUT2D eigenvalue weighted by atomic mass is 32.1. The third-order valence-corrected chi connectivity index (χ3v) is 2.32. The van der Waals surface area contributed by atoms with Crippen LogP contribution in [0, 0.1) is 0 Å². The van der Waals surface area contributed by atoms with Crippen molar-refractivity contribution < 1.29 is 4.74 Å². The first-order valence-corrected chi connectivity index (χ1v) is 4.26. The predicted molar refractivity (Wildman–Crippen MR) is 50.7 cm³/mol. The Kier molecular flexibility index (Phi) is 3.07. The molecule has 1 rings (SSSR count). The van der Waals surface area contributed by atoms with Gasteiger partial charge in [0.2, 0.25) is 0 Å². The minimum absolute atomic E-state index is 0.670. The molecule has 0 amide bonds. The van der Waals surface area contributed by atoms with Gasteiger partial charge in [-0.3, -0.25) is 4.99 Å². The topological polar surface area (TPSA) is 59.6 Å². The van der Waals surface area contributed by atoms with Gasteiger partial charge in [-0.25, -0.2) is 5.84 Å². The van der Waals surface area contributed by atoms with Crippen molar-refractivity contribution in [1.82, 2.24) is 5.43 Å². The zero-order valence-electron chi connectivity index (χ0n) is 7.00. The standard InChI is InChI=1S/C7H11N3OS/c1-9-7(10-8)6-3-5(11-2)4-12-6/h3-4H,8H2,1-2H3,(H,9,10). The minimum Gasteiger partial charge on any atom is -0.496 e. The normalized spacial score (nSPS) is 11.4. The molecule has 0 aliphatic rings. The summed E-state index contributed by atoms with van der Waals surface area (Å²) in [4.78, 5) is 4.93. The van der Waals surface area contributed by atoms with Crippen molar-refractivity contribution in [3.63, 3.8) is 0 Å². The number of nitrogens with one attached hydrogen (secondary N) is 1. The van der Waals surface area contributed by atoms with E-state index in [4.69, 9.17) is 10.6 Å². The molecule has 0 fully saturated rings. The fourth-order valence-electron chi connectivity index (χ4n) is 0.796. The third-order valence-electron chi connectivity index (χ3n) is 1.40. The Morgan fingerprint density at radius 3 is 2.92 bits per heavy atom. The van der Waals surface area contributed by atoms with Gasteiger partial charge in [0.05, 0.1) is 12.0 Å². The van der Waals surface area contributed by atoms with Gasteiger partial charge >= 0.3 is 0 Å². The molecule has 0 aliphatic carbocycles. The fourth-order valence-corrected chi connectivity index (χ4v) is 1.65. The van der Waals surface area contributed by atoms with Crippen LogP contribution in [0.1, 0.15) is 4.88 Å². The van der Waals surface area contributed by atoms with Crippen LogP contribution < -0.4 is 16.0 Å². The van der Waals surface area contributed by atoms with Crippen molar-refractivity contribution in [3.05, 3.63) is 16.3 Å². The van der Waals surface area contributed by atoms with Gasteiger partial charge in [-0.15, -0.1) is 11.3 Å². The van der Waals surface area contributed by atoms with Crippen LogP contribution in [0.2, 0.25) is 0 Å². The van der Waals surface area contributed by atoms with E-state index in [0.29, 0.717) is 5.84 Å².